The Balaban J connectivity index is 1.20. The molecule has 6 unspecified atom stereocenters. The molecule has 0 aromatic heterocycles. The SMILES string of the molecule is COC(=O)/C(C)=C\CC12OC(C)(C)C3CC(C1=O)C1C4=C(OC5=C1C32Oc1c(CC=C(C)C)c2c(c(O[C@@H]3O[C@@H]6COC(C)(C)O[C@H]6[C@H](O)[C@H]3O)c15)C=CC(C)(CCC=C(C)C)O2)c1ccccc1C4=O. The van der Waals surface area contributed by atoms with E-state index in [-0.39, 0.29) is 30.3 Å². The van der Waals surface area contributed by atoms with E-state index in [1.807, 2.05) is 65.0 Å². The number of hydrogen-bond donors (Lipinski definition) is 2. The minimum absolute atomic E-state index is 0.0507. The molecule has 14 nitrogen and oxygen atoms in total. The fourth-order valence-corrected chi connectivity index (χ4v) is 13.0. The van der Waals surface area contributed by atoms with Crippen LogP contribution in [-0.4, -0.2) is 100 Å². The number of aliphatic hydroxyl groups excluding tert-OH is 2. The average Bonchev–Trinajstić information content (AvgIpc) is 3.68. The summed E-state index contributed by atoms with van der Waals surface area (Å²) < 4.78 is 60.7. The number of allylic oxidation sites excluding steroid dienone is 5. The molecule has 1 spiro atoms. The number of hydrogen-bond acceptors (Lipinski definition) is 14. The standard InChI is InChI=1S/C57H64O14/c1-27(2)15-14-22-55(10)23-21-33-44(69-55)32(19-18-28(3)4)47-39(46(33)67-52-43(60)42(59)48-35(65-52)26-64-54(8,9)68-48)49-40-37(38-41(58)30-16-12-13-17-31(30)45(38)66-49)34-25-36-53(6,7)71-56(50(34)61,57(36,40)70-47)24-20-29(5)51(62)63-11/h12-13,15-18,20-21,23,34-37,42-43,48,52,59-60H,14,19,22,24-26H2,1-11H3/b29-20-/t34?,35-,36?,37?,42-,43-,48-,52+,55?,56?,57?/m1/s1. The fourth-order valence-electron chi connectivity index (χ4n) is 13.0. The maximum atomic E-state index is 15.9. The summed E-state index contributed by atoms with van der Waals surface area (Å²) in [6.45, 7) is 19.3. The van der Waals surface area contributed by atoms with Gasteiger partial charge in [-0.1, -0.05) is 53.6 Å². The quantitative estimate of drug-likeness (QED) is 0.132. The van der Waals surface area contributed by atoms with Crippen LogP contribution in [0.1, 0.15) is 128 Å². The molecule has 4 bridgehead atoms. The molecule has 71 heavy (non-hydrogen) atoms. The highest BCUT2D eigenvalue weighted by Gasteiger charge is 2.84. The maximum absolute atomic E-state index is 15.9. The monoisotopic (exact) mass is 972 g/mol. The predicted octanol–water partition coefficient (Wildman–Crippen LogP) is 8.46. The topological polar surface area (TPSA) is 175 Å². The first-order valence-electron chi connectivity index (χ1n) is 24.9. The number of ketones is 2. The third-order valence-corrected chi connectivity index (χ3v) is 16.3. The van der Waals surface area contributed by atoms with Crippen molar-refractivity contribution in [3.05, 3.63) is 104 Å². The molecule has 4 aliphatic carbocycles. The van der Waals surface area contributed by atoms with Crippen LogP contribution in [0.2, 0.25) is 0 Å². The molecule has 0 amide bonds. The number of Topliss-reactive ketones (excluding diaryl/α,β-unsaturated/α-hetero) is 2. The summed E-state index contributed by atoms with van der Waals surface area (Å²) in [7, 11) is 1.31. The smallest absolute Gasteiger partial charge is 0.333 e. The number of benzene rings is 2. The number of rotatable bonds is 10. The lowest BCUT2D eigenvalue weighted by Crippen LogP contribution is -2.75. The summed E-state index contributed by atoms with van der Waals surface area (Å²) in [4.78, 5) is 43.9. The minimum atomic E-state index is -1.72. The van der Waals surface area contributed by atoms with Gasteiger partial charge in [0.1, 0.15) is 64.3 Å². The van der Waals surface area contributed by atoms with Crippen molar-refractivity contribution < 1.29 is 67.2 Å². The number of ether oxygens (including phenoxy) is 9. The zero-order valence-electron chi connectivity index (χ0n) is 42.4. The lowest BCUT2D eigenvalue weighted by Gasteiger charge is -2.62. The summed E-state index contributed by atoms with van der Waals surface area (Å²) in [5.41, 5.74) is 0.963. The Morgan fingerprint density at radius 3 is 2.35 bits per heavy atom. The average molecular weight is 973 g/mol. The van der Waals surface area contributed by atoms with Crippen molar-refractivity contribution in [2.45, 2.75) is 160 Å². The van der Waals surface area contributed by atoms with Crippen LogP contribution in [-0.2, 0) is 44.4 Å². The molecule has 2 N–H and O–H groups in total. The highest BCUT2D eigenvalue weighted by Crippen LogP contribution is 2.75. The minimum Gasteiger partial charge on any atom is -0.482 e. The van der Waals surface area contributed by atoms with Crippen LogP contribution in [0.15, 0.2) is 76.4 Å². The second-order valence-electron chi connectivity index (χ2n) is 22.4. The van der Waals surface area contributed by atoms with Crippen molar-refractivity contribution in [3.63, 3.8) is 0 Å². The van der Waals surface area contributed by atoms with E-state index in [9.17, 15) is 19.8 Å². The summed E-state index contributed by atoms with van der Waals surface area (Å²) in [5, 5.41) is 23.8. The second kappa shape index (κ2) is 16.3. The Morgan fingerprint density at radius 2 is 1.63 bits per heavy atom. The van der Waals surface area contributed by atoms with E-state index in [0.29, 0.717) is 86.8 Å². The maximum Gasteiger partial charge on any atom is 0.333 e. The van der Waals surface area contributed by atoms with E-state index in [4.69, 9.17) is 42.6 Å². The molecule has 376 valence electrons. The van der Waals surface area contributed by atoms with E-state index in [2.05, 4.69) is 26.0 Å². The van der Waals surface area contributed by atoms with Gasteiger partial charge in [-0.25, -0.2) is 4.79 Å². The third-order valence-electron chi connectivity index (χ3n) is 16.3. The summed E-state index contributed by atoms with van der Waals surface area (Å²) in [5.74, 6) is -2.43. The van der Waals surface area contributed by atoms with Gasteiger partial charge in [0.25, 0.3) is 0 Å². The van der Waals surface area contributed by atoms with Gasteiger partial charge in [-0.05, 0) is 107 Å². The molecule has 2 aromatic carbocycles. The van der Waals surface area contributed by atoms with Gasteiger partial charge in [-0.15, -0.1) is 0 Å². The van der Waals surface area contributed by atoms with Crippen LogP contribution in [0, 0.1) is 17.8 Å². The van der Waals surface area contributed by atoms with E-state index in [1.54, 1.807) is 32.9 Å². The molecule has 6 aliphatic heterocycles. The molecule has 6 fully saturated rings. The Morgan fingerprint density at radius 1 is 0.901 bits per heavy atom. The lowest BCUT2D eigenvalue weighted by atomic mass is 9.45. The van der Waals surface area contributed by atoms with E-state index >= 15 is 4.79 Å². The fraction of sp³-hybridized carbons (Fsp3) is 0.526. The number of esters is 1. The molecule has 0 radical (unpaired) electrons. The van der Waals surface area contributed by atoms with Crippen molar-refractivity contribution >= 4 is 35.1 Å². The normalized spacial score (nSPS) is 34.9. The predicted molar refractivity (Wildman–Crippen MR) is 260 cm³/mol. The lowest BCUT2D eigenvalue weighted by molar-refractivity contribution is -0.373. The second-order valence-corrected chi connectivity index (χ2v) is 22.4. The number of aliphatic hydroxyl groups is 2. The molecule has 10 aliphatic rings. The van der Waals surface area contributed by atoms with Crippen LogP contribution in [0.5, 0.6) is 17.2 Å². The number of methoxy groups -OCH3 is 1. The Kier molecular flexibility index (Phi) is 11.0. The van der Waals surface area contributed by atoms with Crippen molar-refractivity contribution in [2.24, 2.45) is 17.8 Å². The number of carbonyl (C=O) groups is 3. The highest BCUT2D eigenvalue weighted by atomic mass is 16.8. The molecular weight excluding hydrogens is 909 g/mol. The number of carbonyl (C=O) groups excluding carboxylic acids is 3. The van der Waals surface area contributed by atoms with Crippen LogP contribution in [0.4, 0.5) is 0 Å². The molecule has 12 rings (SSSR count). The van der Waals surface area contributed by atoms with Gasteiger partial charge in [-0.3, -0.25) is 9.59 Å². The van der Waals surface area contributed by atoms with E-state index < -0.39 is 82.6 Å². The Labute approximate surface area is 414 Å². The van der Waals surface area contributed by atoms with Crippen LogP contribution in [0.3, 0.4) is 0 Å². The van der Waals surface area contributed by atoms with Crippen LogP contribution >= 0.6 is 0 Å². The first-order chi connectivity index (χ1) is 33.6. The third kappa shape index (κ3) is 6.91. The van der Waals surface area contributed by atoms with Gasteiger partial charge in [0.15, 0.2) is 28.6 Å². The largest absolute Gasteiger partial charge is 0.482 e. The van der Waals surface area contributed by atoms with E-state index in [0.717, 1.165) is 12.0 Å². The van der Waals surface area contributed by atoms with Gasteiger partial charge in [0.2, 0.25) is 6.29 Å². The van der Waals surface area contributed by atoms with Crippen LogP contribution < -0.4 is 14.2 Å². The summed E-state index contributed by atoms with van der Waals surface area (Å²) in [6, 6.07) is 7.30. The van der Waals surface area contributed by atoms with Crippen molar-refractivity contribution in [2.75, 3.05) is 13.7 Å². The molecule has 11 atom stereocenters. The zero-order valence-corrected chi connectivity index (χ0v) is 42.4. The molecule has 3 saturated carbocycles. The summed E-state index contributed by atoms with van der Waals surface area (Å²) in [6.07, 6.45) is 5.66. The first kappa shape index (κ1) is 47.9. The highest BCUT2D eigenvalue weighted by molar-refractivity contribution is 6.22. The number of fused-ring (bicyclic) bond motifs is 6. The molecular formula is C57H64O14. The molecule has 6 heterocycles. The van der Waals surface area contributed by atoms with Crippen molar-refractivity contribution in [1.29, 1.82) is 0 Å². The Hall–Kier alpha value is -5.35. The zero-order chi connectivity index (χ0) is 50.5. The van der Waals surface area contributed by atoms with Crippen molar-refractivity contribution in [3.8, 4) is 17.2 Å². The van der Waals surface area contributed by atoms with Gasteiger partial charge in [0.05, 0.1) is 30.5 Å². The molecule has 2 aromatic rings. The van der Waals surface area contributed by atoms with Gasteiger partial charge >= 0.3 is 5.97 Å². The molecule has 14 heteroatoms. The first-order valence-corrected chi connectivity index (χ1v) is 24.9. The van der Waals surface area contributed by atoms with Crippen molar-refractivity contribution in [1.82, 2.24) is 0 Å². The Bertz CT molecular complexity index is 2880. The van der Waals surface area contributed by atoms with E-state index in [1.165, 1.54) is 12.7 Å². The summed E-state index contributed by atoms with van der Waals surface area (Å²) >= 11 is 0. The van der Waals surface area contributed by atoms with Gasteiger partial charge in [-0.2, -0.15) is 0 Å². The van der Waals surface area contributed by atoms with Gasteiger partial charge in [0, 0.05) is 52.0 Å². The van der Waals surface area contributed by atoms with Gasteiger partial charge < -0.3 is 52.8 Å². The van der Waals surface area contributed by atoms with Crippen LogP contribution in [0.25, 0.3) is 17.6 Å². The molecule has 3 saturated heterocycles.